The molecule has 0 aliphatic carbocycles. The Labute approximate surface area is 142 Å². The first kappa shape index (κ1) is 21.9. The van der Waals surface area contributed by atoms with Crippen LogP contribution in [0.25, 0.3) is 0 Å². The maximum Gasteiger partial charge on any atom is 0.364 e. The third-order valence-corrected chi connectivity index (χ3v) is 4.26. The Balaban J connectivity index is 4.21. The van der Waals surface area contributed by atoms with Gasteiger partial charge in [0, 0.05) is 6.42 Å². The second-order valence-electron chi connectivity index (χ2n) is 7.35. The van der Waals surface area contributed by atoms with Gasteiger partial charge in [-0.2, -0.15) is 0 Å². The summed E-state index contributed by atoms with van der Waals surface area (Å²) in [5.74, 6) is -0.884. The second kappa shape index (κ2) is 11.4. The Morgan fingerprint density at radius 2 is 1.48 bits per heavy atom. The molecule has 23 heavy (non-hydrogen) atoms. The summed E-state index contributed by atoms with van der Waals surface area (Å²) in [5, 5.41) is 12.4. The van der Waals surface area contributed by atoms with Crippen molar-refractivity contribution >= 4 is 11.9 Å². The Morgan fingerprint density at radius 3 is 1.91 bits per heavy atom. The Hall–Kier alpha value is -1.10. The van der Waals surface area contributed by atoms with E-state index in [1.54, 1.807) is 0 Å². The molecule has 0 radical (unpaired) electrons. The number of nitrogens with one attached hydrogen (secondary N) is 1. The zero-order valence-electron chi connectivity index (χ0n) is 15.7. The van der Waals surface area contributed by atoms with Crippen molar-refractivity contribution in [3.63, 3.8) is 0 Å². The monoisotopic (exact) mass is 329 g/mol. The largest absolute Gasteiger partial charge is 0.477 e. The van der Waals surface area contributed by atoms with Crippen LogP contribution >= 0.6 is 0 Å². The van der Waals surface area contributed by atoms with Crippen LogP contribution in [0.1, 0.15) is 71.6 Å². The number of nitrogens with zero attached hydrogens (tertiary/aromatic N) is 1. The lowest BCUT2D eigenvalue weighted by atomic mass is 10.0. The molecule has 0 fully saturated rings. The molecule has 0 aromatic carbocycles. The van der Waals surface area contributed by atoms with E-state index in [9.17, 15) is 14.7 Å². The van der Waals surface area contributed by atoms with Crippen LogP contribution in [-0.2, 0) is 9.59 Å². The van der Waals surface area contributed by atoms with Crippen molar-refractivity contribution in [2.75, 3.05) is 21.1 Å². The van der Waals surface area contributed by atoms with Crippen LogP contribution in [0.4, 0.5) is 0 Å². The van der Waals surface area contributed by atoms with Gasteiger partial charge >= 0.3 is 5.97 Å². The van der Waals surface area contributed by atoms with Gasteiger partial charge < -0.3 is 14.9 Å². The number of hydrogen-bond donors (Lipinski definition) is 2. The van der Waals surface area contributed by atoms with Gasteiger partial charge in [-0.3, -0.25) is 4.79 Å². The van der Waals surface area contributed by atoms with Crippen LogP contribution in [0.3, 0.4) is 0 Å². The zero-order chi connectivity index (χ0) is 17.9. The van der Waals surface area contributed by atoms with E-state index in [1.807, 2.05) is 28.1 Å². The maximum absolute atomic E-state index is 12.1. The summed E-state index contributed by atoms with van der Waals surface area (Å²) < 4.78 is 0.297. The molecule has 1 amide bonds. The van der Waals surface area contributed by atoms with E-state index < -0.39 is 12.0 Å². The Kier molecular flexibility index (Phi) is 10.9. The number of quaternary nitrogens is 1. The minimum Gasteiger partial charge on any atom is -0.477 e. The van der Waals surface area contributed by atoms with Gasteiger partial charge in [0.1, 0.15) is 0 Å². The molecule has 0 rings (SSSR count). The van der Waals surface area contributed by atoms with E-state index >= 15 is 0 Å². The maximum atomic E-state index is 12.1. The average molecular weight is 330 g/mol. The first-order chi connectivity index (χ1) is 10.7. The molecule has 0 aromatic rings. The number of carboxylic acids is 1. The van der Waals surface area contributed by atoms with E-state index in [0.717, 1.165) is 12.8 Å². The van der Waals surface area contributed by atoms with Crippen molar-refractivity contribution in [1.29, 1.82) is 0 Å². The van der Waals surface area contributed by atoms with Gasteiger partial charge in [-0.25, -0.2) is 4.79 Å². The molecule has 0 heterocycles. The summed E-state index contributed by atoms with van der Waals surface area (Å²) in [6.45, 7) is 4.12. The summed E-state index contributed by atoms with van der Waals surface area (Å²) in [5.41, 5.74) is 0. The molecule has 5 heteroatoms. The highest BCUT2D eigenvalue weighted by Crippen LogP contribution is 2.13. The Morgan fingerprint density at radius 1 is 0.957 bits per heavy atom. The van der Waals surface area contributed by atoms with Gasteiger partial charge in [-0.05, 0) is 12.8 Å². The second-order valence-corrected chi connectivity index (χ2v) is 7.35. The van der Waals surface area contributed by atoms with Gasteiger partial charge in [0.05, 0.1) is 27.2 Å². The van der Waals surface area contributed by atoms with Crippen LogP contribution in [0.15, 0.2) is 0 Å². The highest BCUT2D eigenvalue weighted by molar-refractivity contribution is 5.78. The Bertz CT molecular complexity index is 351. The van der Waals surface area contributed by atoms with Crippen LogP contribution in [0.2, 0.25) is 0 Å². The lowest BCUT2D eigenvalue weighted by molar-refractivity contribution is -0.888. The number of rotatable bonds is 13. The molecule has 0 aliphatic rings. The summed E-state index contributed by atoms with van der Waals surface area (Å²) in [7, 11) is 5.55. The molecule has 0 aromatic heterocycles. The highest BCUT2D eigenvalue weighted by atomic mass is 16.4. The number of likely N-dealkylation sites (N-methyl/N-ethyl adjacent to an activating group) is 1. The fourth-order valence-electron chi connectivity index (χ4n) is 2.97. The zero-order valence-corrected chi connectivity index (χ0v) is 15.7. The molecular weight excluding hydrogens is 292 g/mol. The van der Waals surface area contributed by atoms with Gasteiger partial charge in [-0.15, -0.1) is 0 Å². The topological polar surface area (TPSA) is 66.4 Å². The van der Waals surface area contributed by atoms with E-state index in [1.165, 1.54) is 32.1 Å². The van der Waals surface area contributed by atoms with E-state index in [0.29, 0.717) is 17.3 Å². The molecule has 5 nitrogen and oxygen atoms in total. The molecule has 0 saturated heterocycles. The van der Waals surface area contributed by atoms with E-state index in [-0.39, 0.29) is 11.9 Å². The normalized spacial score (nSPS) is 14.3. The quantitative estimate of drug-likeness (QED) is 0.403. The molecule has 0 bridgehead atoms. The smallest absolute Gasteiger partial charge is 0.364 e. The van der Waals surface area contributed by atoms with Crippen LogP contribution in [0.5, 0.6) is 0 Å². The lowest BCUT2D eigenvalue weighted by Gasteiger charge is -2.36. The summed E-state index contributed by atoms with van der Waals surface area (Å²) in [4.78, 5) is 23.6. The summed E-state index contributed by atoms with van der Waals surface area (Å²) >= 11 is 0. The number of hydrogen-bond acceptors (Lipinski definition) is 2. The third kappa shape index (κ3) is 9.59. The minimum absolute atomic E-state index is 0.0230. The van der Waals surface area contributed by atoms with Crippen LogP contribution in [0, 0.1) is 0 Å². The molecule has 136 valence electrons. The lowest BCUT2D eigenvalue weighted by Crippen LogP contribution is -2.60. The number of carbonyl (C=O) groups is 2. The van der Waals surface area contributed by atoms with Crippen molar-refractivity contribution in [1.82, 2.24) is 5.32 Å². The van der Waals surface area contributed by atoms with Gasteiger partial charge in [0.25, 0.3) is 0 Å². The van der Waals surface area contributed by atoms with Crippen molar-refractivity contribution in [2.24, 2.45) is 0 Å². The van der Waals surface area contributed by atoms with E-state index in [4.69, 9.17) is 0 Å². The number of unbranched alkanes of at least 4 members (excludes halogenated alkanes) is 6. The van der Waals surface area contributed by atoms with Crippen molar-refractivity contribution in [2.45, 2.75) is 83.7 Å². The van der Waals surface area contributed by atoms with Crippen LogP contribution in [-0.4, -0.2) is 54.7 Å². The SMILES string of the molecule is CCCCCCCCCC(=O)NC(CC)C(C(=O)O)[N+](C)(C)C. The molecule has 0 saturated carbocycles. The first-order valence-electron chi connectivity index (χ1n) is 9.07. The predicted molar refractivity (Wildman–Crippen MR) is 94.3 cm³/mol. The third-order valence-electron chi connectivity index (χ3n) is 4.26. The number of carboxylic acid groups (broad SMARTS) is 1. The van der Waals surface area contributed by atoms with Gasteiger partial charge in [0.15, 0.2) is 0 Å². The molecule has 2 N–H and O–H groups in total. The fraction of sp³-hybridized carbons (Fsp3) is 0.889. The number of amides is 1. The van der Waals surface area contributed by atoms with Crippen molar-refractivity contribution < 1.29 is 19.2 Å². The van der Waals surface area contributed by atoms with Crippen molar-refractivity contribution in [3.05, 3.63) is 0 Å². The van der Waals surface area contributed by atoms with Crippen LogP contribution < -0.4 is 5.32 Å². The minimum atomic E-state index is -0.861. The number of carbonyl (C=O) groups excluding carboxylic acids is 1. The number of aliphatic carboxylic acids is 1. The molecule has 0 spiro atoms. The van der Waals surface area contributed by atoms with Gasteiger partial charge in [-0.1, -0.05) is 52.4 Å². The fourth-order valence-corrected chi connectivity index (χ4v) is 2.97. The predicted octanol–water partition coefficient (Wildman–Crippen LogP) is 3.18. The van der Waals surface area contributed by atoms with Gasteiger partial charge in [0.2, 0.25) is 11.9 Å². The average Bonchev–Trinajstić information content (AvgIpc) is 2.43. The molecule has 0 aliphatic heterocycles. The molecule has 2 atom stereocenters. The highest BCUT2D eigenvalue weighted by Gasteiger charge is 2.39. The molecule has 2 unspecified atom stereocenters. The standard InChI is InChI=1S/C18H36N2O3/c1-6-8-9-10-11-12-13-14-16(21)19-15(7-2)17(18(22)23)20(3,4)5/h15,17H,6-14H2,1-5H3,(H-,19,21,22,23)/p+1. The first-order valence-corrected chi connectivity index (χ1v) is 9.07. The summed E-state index contributed by atoms with van der Waals surface area (Å²) in [6.07, 6.45) is 9.32. The van der Waals surface area contributed by atoms with E-state index in [2.05, 4.69) is 12.2 Å². The molecular formula is C18H37N2O3+. The van der Waals surface area contributed by atoms with Crippen molar-refractivity contribution in [3.8, 4) is 0 Å². The summed E-state index contributed by atoms with van der Waals surface area (Å²) in [6, 6.07) is -0.956.